The van der Waals surface area contributed by atoms with Crippen molar-refractivity contribution in [2.75, 3.05) is 33.4 Å². The summed E-state index contributed by atoms with van der Waals surface area (Å²) in [6.07, 6.45) is -0.299. The van der Waals surface area contributed by atoms with Crippen molar-refractivity contribution >= 4 is 40.5 Å². The van der Waals surface area contributed by atoms with Crippen LogP contribution in [0.4, 0.5) is 4.79 Å². The molecule has 0 spiro atoms. The summed E-state index contributed by atoms with van der Waals surface area (Å²) in [5.41, 5.74) is -2.53. The quantitative estimate of drug-likeness (QED) is 0.103. The normalized spacial score (nSPS) is 23.7. The fraction of sp³-hybridized carbons (Fsp3) is 0.390. The minimum atomic E-state index is -2.67. The smallest absolute Gasteiger partial charge is 0.507 e. The predicted octanol–water partition coefficient (Wildman–Crippen LogP) is 5.57. The first-order valence-corrected chi connectivity index (χ1v) is 18.1. The van der Waals surface area contributed by atoms with E-state index in [1.807, 2.05) is 35.2 Å². The van der Waals surface area contributed by atoms with Gasteiger partial charge in [0.2, 0.25) is 11.6 Å². The predicted molar refractivity (Wildman–Crippen MR) is 194 cm³/mol. The third kappa shape index (κ3) is 5.95. The molecule has 4 aromatic rings. The lowest BCUT2D eigenvalue weighted by atomic mass is 9.57. The standard InChI is InChI=1S/C41H40N2O12/c1-40(2,3)54-39(48)53-34-25-16-22(19-44)10-11-24(25)33(50-4)26-17-23-18-27-31(43-12-14-51-15-13-43)35-30(38(42-55-35)52-20-21-8-6-5-7-9-21)37(47)41(27,49)36(46)28(23)32(45)29(26)34/h5-11,16,19,23,27,31,45,49H,12-15,17-18,20H2,1-4H3/t23-,27-,31-,41-/m0/s1. The highest BCUT2D eigenvalue weighted by Crippen LogP contribution is 2.58. The number of aliphatic hydroxyl groups excluding tert-OH is 1. The number of hydrogen-bond donors (Lipinski definition) is 2. The van der Waals surface area contributed by atoms with Crippen LogP contribution < -0.4 is 14.2 Å². The molecule has 2 N–H and O–H groups in total. The van der Waals surface area contributed by atoms with Gasteiger partial charge in [0.1, 0.15) is 35.6 Å². The lowest BCUT2D eigenvalue weighted by Gasteiger charge is -2.50. The van der Waals surface area contributed by atoms with Gasteiger partial charge in [-0.05, 0) is 62.4 Å². The summed E-state index contributed by atoms with van der Waals surface area (Å²) >= 11 is 0. The van der Waals surface area contributed by atoms with Gasteiger partial charge in [0.25, 0.3) is 5.88 Å². The van der Waals surface area contributed by atoms with Crippen molar-refractivity contribution in [3.8, 4) is 17.4 Å². The van der Waals surface area contributed by atoms with Crippen molar-refractivity contribution in [2.24, 2.45) is 11.8 Å². The minimum Gasteiger partial charge on any atom is -0.507 e. The highest BCUT2D eigenvalue weighted by Gasteiger charge is 2.66. The Morgan fingerprint density at radius 3 is 2.47 bits per heavy atom. The Morgan fingerprint density at radius 1 is 1.04 bits per heavy atom. The van der Waals surface area contributed by atoms with E-state index in [9.17, 15) is 24.6 Å². The molecule has 0 bridgehead atoms. The van der Waals surface area contributed by atoms with Gasteiger partial charge in [-0.15, -0.1) is 0 Å². The summed E-state index contributed by atoms with van der Waals surface area (Å²) in [6.45, 7) is 6.63. The van der Waals surface area contributed by atoms with Crippen LogP contribution in [0, 0.1) is 11.8 Å². The topological polar surface area (TPSA) is 184 Å². The van der Waals surface area contributed by atoms with Crippen LogP contribution in [-0.2, 0) is 27.3 Å². The SMILES string of the molecule is COc1c2c(c(OC(=O)OC(C)(C)C)c3cc(C=O)ccc13)C(O)=C1C(=O)[C@]3(O)C(=O)c4c(OCc5ccccc5)noc4[C@@H](N4CCOCC4)[C@@H]3C[C@@H]1C2. The summed E-state index contributed by atoms with van der Waals surface area (Å²) in [5, 5.41) is 29.8. The summed E-state index contributed by atoms with van der Waals surface area (Å²) in [4.78, 5) is 56.8. The van der Waals surface area contributed by atoms with Gasteiger partial charge < -0.3 is 38.4 Å². The third-order valence-corrected chi connectivity index (χ3v) is 10.8. The number of rotatable bonds is 7. The zero-order valence-corrected chi connectivity index (χ0v) is 30.7. The van der Waals surface area contributed by atoms with Crippen LogP contribution in [0.5, 0.6) is 17.4 Å². The number of hydrogen-bond acceptors (Lipinski definition) is 14. The van der Waals surface area contributed by atoms with Gasteiger partial charge >= 0.3 is 6.16 Å². The van der Waals surface area contributed by atoms with E-state index in [4.69, 9.17) is 28.2 Å². The van der Waals surface area contributed by atoms with Gasteiger partial charge in [-0.2, -0.15) is 0 Å². The molecule has 4 aliphatic rings. The number of aliphatic hydroxyl groups is 2. The van der Waals surface area contributed by atoms with Crippen LogP contribution in [-0.4, -0.2) is 88.9 Å². The number of benzene rings is 3. The van der Waals surface area contributed by atoms with E-state index in [1.54, 1.807) is 32.9 Å². The van der Waals surface area contributed by atoms with Crippen molar-refractivity contribution in [1.29, 1.82) is 0 Å². The molecule has 14 nitrogen and oxygen atoms in total. The lowest BCUT2D eigenvalue weighted by Crippen LogP contribution is -2.64. The molecule has 1 aromatic heterocycles. The number of Topliss-reactive ketones (excluding diaryl/α,β-unsaturated/α-hetero) is 2. The van der Waals surface area contributed by atoms with Crippen LogP contribution in [0.2, 0.25) is 0 Å². The second-order valence-corrected chi connectivity index (χ2v) is 15.2. The highest BCUT2D eigenvalue weighted by molar-refractivity contribution is 6.26. The molecule has 4 atom stereocenters. The molecule has 3 aliphatic carbocycles. The molecule has 3 aromatic carbocycles. The molecular formula is C41H40N2O12. The van der Waals surface area contributed by atoms with Gasteiger partial charge in [-0.1, -0.05) is 36.4 Å². The number of ether oxygens (including phenoxy) is 5. The average molecular weight is 753 g/mol. The maximum Gasteiger partial charge on any atom is 0.514 e. The van der Waals surface area contributed by atoms with Gasteiger partial charge in [0, 0.05) is 46.5 Å². The van der Waals surface area contributed by atoms with E-state index in [-0.39, 0.29) is 64.5 Å². The first-order valence-electron chi connectivity index (χ1n) is 18.1. The lowest BCUT2D eigenvalue weighted by molar-refractivity contribution is -0.145. The van der Waals surface area contributed by atoms with E-state index in [0.717, 1.165) is 5.56 Å². The van der Waals surface area contributed by atoms with Crippen LogP contribution in [0.15, 0.2) is 58.6 Å². The van der Waals surface area contributed by atoms with Crippen LogP contribution in [0.1, 0.15) is 76.4 Å². The van der Waals surface area contributed by atoms with E-state index in [2.05, 4.69) is 5.16 Å². The largest absolute Gasteiger partial charge is 0.514 e. The van der Waals surface area contributed by atoms with Gasteiger partial charge in [-0.25, -0.2) is 4.79 Å². The zero-order chi connectivity index (χ0) is 38.8. The van der Waals surface area contributed by atoms with Crippen molar-refractivity contribution in [1.82, 2.24) is 10.1 Å². The maximum atomic E-state index is 15.0. The number of carbonyl (C=O) groups excluding carboxylic acids is 4. The molecule has 0 unspecified atom stereocenters. The Hall–Kier alpha value is -5.57. The summed E-state index contributed by atoms with van der Waals surface area (Å²) in [7, 11) is 1.45. The van der Waals surface area contributed by atoms with E-state index in [0.29, 0.717) is 49.3 Å². The number of aldehydes is 1. The molecule has 1 aliphatic heterocycles. The van der Waals surface area contributed by atoms with Gasteiger partial charge in [0.15, 0.2) is 17.1 Å². The maximum absolute atomic E-state index is 15.0. The first-order chi connectivity index (χ1) is 26.3. The molecule has 55 heavy (non-hydrogen) atoms. The number of ketones is 2. The molecule has 0 amide bonds. The molecule has 2 fully saturated rings. The second kappa shape index (κ2) is 13.6. The zero-order valence-electron chi connectivity index (χ0n) is 30.7. The van der Waals surface area contributed by atoms with Gasteiger partial charge in [-0.3, -0.25) is 19.3 Å². The second-order valence-electron chi connectivity index (χ2n) is 15.2. The highest BCUT2D eigenvalue weighted by atomic mass is 16.7. The number of morpholine rings is 1. The van der Waals surface area contributed by atoms with Gasteiger partial charge in [0.05, 0.1) is 31.9 Å². The van der Waals surface area contributed by atoms with Crippen molar-refractivity contribution in [3.05, 3.63) is 87.7 Å². The molecule has 1 saturated carbocycles. The van der Waals surface area contributed by atoms with E-state index in [1.165, 1.54) is 13.2 Å². The number of carbonyl (C=O) groups is 4. The Labute approximate surface area is 315 Å². The summed E-state index contributed by atoms with van der Waals surface area (Å²) in [5.74, 6) is -4.08. The van der Waals surface area contributed by atoms with E-state index >= 15 is 4.79 Å². The van der Waals surface area contributed by atoms with Crippen LogP contribution >= 0.6 is 0 Å². The Bertz CT molecular complexity index is 2270. The molecular weight excluding hydrogens is 712 g/mol. The number of methoxy groups -OCH3 is 1. The number of fused-ring (bicyclic) bond motifs is 5. The fourth-order valence-corrected chi connectivity index (χ4v) is 8.53. The molecule has 1 saturated heterocycles. The molecule has 2 heterocycles. The van der Waals surface area contributed by atoms with Crippen LogP contribution in [0.3, 0.4) is 0 Å². The van der Waals surface area contributed by atoms with Crippen molar-refractivity contribution in [3.63, 3.8) is 0 Å². The molecule has 286 valence electrons. The Kier molecular flexibility index (Phi) is 9.02. The minimum absolute atomic E-state index is 0.0396. The Balaban J connectivity index is 1.29. The Morgan fingerprint density at radius 2 is 1.78 bits per heavy atom. The van der Waals surface area contributed by atoms with E-state index < -0.39 is 52.6 Å². The summed E-state index contributed by atoms with van der Waals surface area (Å²) in [6, 6.07) is 13.2. The monoisotopic (exact) mass is 752 g/mol. The van der Waals surface area contributed by atoms with Crippen LogP contribution in [0.25, 0.3) is 16.5 Å². The fourth-order valence-electron chi connectivity index (χ4n) is 8.53. The van der Waals surface area contributed by atoms with Crippen molar-refractivity contribution in [2.45, 2.75) is 57.5 Å². The average Bonchev–Trinajstić information content (AvgIpc) is 3.59. The molecule has 14 heteroatoms. The third-order valence-electron chi connectivity index (χ3n) is 10.8. The van der Waals surface area contributed by atoms with Crippen molar-refractivity contribution < 1.29 is 57.6 Å². The number of nitrogens with zero attached hydrogens (tertiary/aromatic N) is 2. The summed E-state index contributed by atoms with van der Waals surface area (Å²) < 4.78 is 34.7. The first kappa shape index (κ1) is 36.4. The number of aromatic nitrogens is 1. The molecule has 0 radical (unpaired) electrons. The molecule has 8 rings (SSSR count).